The molecule has 0 aromatic rings. The van der Waals surface area contributed by atoms with Crippen LogP contribution in [0.2, 0.25) is 0 Å². The minimum atomic E-state index is 0.503. The van der Waals surface area contributed by atoms with Crippen LogP contribution in [0.1, 0.15) is 60.3 Å². The molecule has 0 amide bonds. The van der Waals surface area contributed by atoms with Crippen molar-refractivity contribution in [2.24, 2.45) is 17.3 Å². The van der Waals surface area contributed by atoms with Crippen LogP contribution in [-0.2, 0) is 0 Å². The van der Waals surface area contributed by atoms with Crippen LogP contribution in [0.25, 0.3) is 0 Å². The van der Waals surface area contributed by atoms with Crippen LogP contribution < -0.4 is 5.32 Å². The fourth-order valence-corrected chi connectivity index (χ4v) is 3.10. The van der Waals surface area contributed by atoms with E-state index in [1.165, 1.54) is 32.2 Å². The Morgan fingerprint density at radius 1 is 1.40 bits per heavy atom. The highest BCUT2D eigenvalue weighted by Gasteiger charge is 2.35. The van der Waals surface area contributed by atoms with Crippen molar-refractivity contribution in [1.82, 2.24) is 5.32 Å². The summed E-state index contributed by atoms with van der Waals surface area (Å²) in [6, 6.07) is 0.744. The molecule has 0 bridgehead atoms. The van der Waals surface area contributed by atoms with Crippen LogP contribution in [0.3, 0.4) is 0 Å². The summed E-state index contributed by atoms with van der Waals surface area (Å²) in [5.74, 6) is 1.73. The summed E-state index contributed by atoms with van der Waals surface area (Å²) in [4.78, 5) is 0. The first-order chi connectivity index (χ1) is 6.98. The second kappa shape index (κ2) is 5.34. The van der Waals surface area contributed by atoms with Gasteiger partial charge in [-0.15, -0.1) is 0 Å². The van der Waals surface area contributed by atoms with E-state index in [9.17, 15) is 0 Å². The smallest absolute Gasteiger partial charge is 0.0123 e. The summed E-state index contributed by atoms with van der Waals surface area (Å²) in [6.07, 6.45) is 5.39. The lowest BCUT2D eigenvalue weighted by atomic mass is 9.70. The van der Waals surface area contributed by atoms with E-state index in [2.05, 4.69) is 39.9 Å². The summed E-state index contributed by atoms with van der Waals surface area (Å²) in [7, 11) is 0. The average molecular weight is 211 g/mol. The first-order valence-corrected chi connectivity index (χ1v) is 6.71. The molecule has 1 nitrogen and oxygen atoms in total. The van der Waals surface area contributed by atoms with Crippen molar-refractivity contribution < 1.29 is 0 Å². The van der Waals surface area contributed by atoms with Gasteiger partial charge in [0.2, 0.25) is 0 Å². The summed E-state index contributed by atoms with van der Waals surface area (Å²) < 4.78 is 0. The molecule has 3 atom stereocenters. The summed E-state index contributed by atoms with van der Waals surface area (Å²) in [5.41, 5.74) is 0.503. The lowest BCUT2D eigenvalue weighted by Gasteiger charge is -2.43. The van der Waals surface area contributed by atoms with E-state index >= 15 is 0 Å². The van der Waals surface area contributed by atoms with E-state index in [1.54, 1.807) is 0 Å². The summed E-state index contributed by atoms with van der Waals surface area (Å²) in [6.45, 7) is 13.1. The Morgan fingerprint density at radius 3 is 2.53 bits per heavy atom. The molecule has 0 spiro atoms. The molecule has 1 heterocycles. The van der Waals surface area contributed by atoms with Gasteiger partial charge in [-0.3, -0.25) is 0 Å². The fraction of sp³-hybridized carbons (Fsp3) is 1.00. The molecule has 1 fully saturated rings. The van der Waals surface area contributed by atoms with Gasteiger partial charge in [-0.2, -0.15) is 0 Å². The largest absolute Gasteiger partial charge is 0.313 e. The van der Waals surface area contributed by atoms with Gasteiger partial charge in [-0.25, -0.2) is 0 Å². The molecule has 0 radical (unpaired) electrons. The lowest BCUT2D eigenvalue weighted by Crippen LogP contribution is -2.48. The fourth-order valence-electron chi connectivity index (χ4n) is 3.10. The van der Waals surface area contributed by atoms with Gasteiger partial charge in [0.15, 0.2) is 0 Å². The highest BCUT2D eigenvalue weighted by Crippen LogP contribution is 2.37. The zero-order chi connectivity index (χ0) is 11.5. The molecule has 1 aliphatic heterocycles. The molecule has 0 aromatic heterocycles. The van der Waals surface area contributed by atoms with Gasteiger partial charge in [-0.1, -0.05) is 34.6 Å². The molecule has 90 valence electrons. The highest BCUT2D eigenvalue weighted by atomic mass is 14.9. The van der Waals surface area contributed by atoms with Crippen LogP contribution in [0.5, 0.6) is 0 Å². The van der Waals surface area contributed by atoms with Gasteiger partial charge >= 0.3 is 0 Å². The summed E-state index contributed by atoms with van der Waals surface area (Å²) >= 11 is 0. The van der Waals surface area contributed by atoms with Crippen molar-refractivity contribution in [2.45, 2.75) is 66.3 Å². The molecule has 1 rings (SSSR count). The molecule has 0 saturated carbocycles. The SMILES string of the molecule is CCC(C)(CC(C)C)C1CC(C)CCN1. The maximum Gasteiger partial charge on any atom is 0.0123 e. The Balaban J connectivity index is 2.62. The molecule has 1 aliphatic rings. The average Bonchev–Trinajstić information content (AvgIpc) is 2.16. The first-order valence-electron chi connectivity index (χ1n) is 6.71. The molecule has 1 N–H and O–H groups in total. The Hall–Kier alpha value is -0.0400. The van der Waals surface area contributed by atoms with Gasteiger partial charge in [0, 0.05) is 6.04 Å². The van der Waals surface area contributed by atoms with Crippen LogP contribution in [0.4, 0.5) is 0 Å². The standard InChI is InChI=1S/C14H29N/c1-6-14(5,10-11(2)3)13-9-12(4)7-8-15-13/h11-13,15H,6-10H2,1-5H3. The Morgan fingerprint density at radius 2 is 2.07 bits per heavy atom. The number of piperidine rings is 1. The third kappa shape index (κ3) is 3.48. The second-order valence-electron chi connectivity index (χ2n) is 6.24. The molecule has 1 heteroatoms. The first kappa shape index (κ1) is 13.0. The van der Waals surface area contributed by atoms with Crippen molar-refractivity contribution in [3.8, 4) is 0 Å². The molecule has 15 heavy (non-hydrogen) atoms. The Labute approximate surface area is 96.0 Å². The normalized spacial score (nSPS) is 31.6. The monoisotopic (exact) mass is 211 g/mol. The predicted octanol–water partition coefficient (Wildman–Crippen LogP) is 3.84. The van der Waals surface area contributed by atoms with Gasteiger partial charge in [0.05, 0.1) is 0 Å². The van der Waals surface area contributed by atoms with Crippen molar-refractivity contribution in [1.29, 1.82) is 0 Å². The van der Waals surface area contributed by atoms with E-state index in [1.807, 2.05) is 0 Å². The predicted molar refractivity (Wildman–Crippen MR) is 68.0 cm³/mol. The lowest BCUT2D eigenvalue weighted by molar-refractivity contribution is 0.123. The zero-order valence-electron chi connectivity index (χ0n) is 11.3. The maximum absolute atomic E-state index is 3.75. The molecule has 0 aromatic carbocycles. The number of rotatable bonds is 4. The minimum Gasteiger partial charge on any atom is -0.313 e. The molecular formula is C14H29N. The quantitative estimate of drug-likeness (QED) is 0.745. The van der Waals surface area contributed by atoms with E-state index in [-0.39, 0.29) is 0 Å². The van der Waals surface area contributed by atoms with Gasteiger partial charge in [-0.05, 0) is 49.5 Å². The van der Waals surface area contributed by atoms with Gasteiger partial charge < -0.3 is 5.32 Å². The van der Waals surface area contributed by atoms with Crippen molar-refractivity contribution in [2.75, 3.05) is 6.54 Å². The molecule has 1 saturated heterocycles. The van der Waals surface area contributed by atoms with Gasteiger partial charge in [0.1, 0.15) is 0 Å². The highest BCUT2D eigenvalue weighted by molar-refractivity contribution is 4.91. The number of hydrogen-bond acceptors (Lipinski definition) is 1. The number of nitrogens with one attached hydrogen (secondary N) is 1. The van der Waals surface area contributed by atoms with Crippen LogP contribution in [0, 0.1) is 17.3 Å². The van der Waals surface area contributed by atoms with Crippen LogP contribution in [0.15, 0.2) is 0 Å². The Bertz CT molecular complexity index is 188. The zero-order valence-corrected chi connectivity index (χ0v) is 11.3. The maximum atomic E-state index is 3.75. The van der Waals surface area contributed by atoms with Crippen molar-refractivity contribution in [3.63, 3.8) is 0 Å². The Kier molecular flexibility index (Phi) is 4.64. The van der Waals surface area contributed by atoms with Crippen LogP contribution >= 0.6 is 0 Å². The molecular weight excluding hydrogens is 182 g/mol. The van der Waals surface area contributed by atoms with Crippen molar-refractivity contribution >= 4 is 0 Å². The third-order valence-electron chi connectivity index (χ3n) is 4.19. The second-order valence-corrected chi connectivity index (χ2v) is 6.24. The van der Waals surface area contributed by atoms with Crippen LogP contribution in [-0.4, -0.2) is 12.6 Å². The summed E-state index contributed by atoms with van der Waals surface area (Å²) in [5, 5.41) is 3.75. The van der Waals surface area contributed by atoms with E-state index < -0.39 is 0 Å². The van der Waals surface area contributed by atoms with Crippen molar-refractivity contribution in [3.05, 3.63) is 0 Å². The van der Waals surface area contributed by atoms with E-state index in [0.29, 0.717) is 5.41 Å². The van der Waals surface area contributed by atoms with Gasteiger partial charge in [0.25, 0.3) is 0 Å². The van der Waals surface area contributed by atoms with E-state index in [4.69, 9.17) is 0 Å². The minimum absolute atomic E-state index is 0.503. The molecule has 3 unspecified atom stereocenters. The molecule has 0 aliphatic carbocycles. The number of hydrogen-bond donors (Lipinski definition) is 1. The third-order valence-corrected chi connectivity index (χ3v) is 4.19. The van der Waals surface area contributed by atoms with E-state index in [0.717, 1.165) is 17.9 Å². The topological polar surface area (TPSA) is 12.0 Å².